The summed E-state index contributed by atoms with van der Waals surface area (Å²) in [5.74, 6) is -0.821. The molecule has 1 aliphatic rings. The number of ether oxygens (including phenoxy) is 1. The van der Waals surface area contributed by atoms with Gasteiger partial charge in [0.05, 0.1) is 30.0 Å². The molecule has 9 heteroatoms. The molecule has 1 heterocycles. The number of halogens is 1. The van der Waals surface area contributed by atoms with E-state index in [9.17, 15) is 18.0 Å². The number of methoxy groups -OCH3 is 1. The predicted octanol–water partition coefficient (Wildman–Crippen LogP) is 1.52. The van der Waals surface area contributed by atoms with E-state index in [-0.39, 0.29) is 35.0 Å². The molecule has 138 valence electrons. The molecule has 0 aromatic heterocycles. The van der Waals surface area contributed by atoms with E-state index in [2.05, 4.69) is 0 Å². The highest BCUT2D eigenvalue weighted by Crippen LogP contribution is 2.27. The van der Waals surface area contributed by atoms with E-state index in [4.69, 9.17) is 16.3 Å². The van der Waals surface area contributed by atoms with E-state index in [0.29, 0.717) is 25.9 Å². The van der Waals surface area contributed by atoms with Crippen LogP contribution in [0.2, 0.25) is 5.02 Å². The molecule has 25 heavy (non-hydrogen) atoms. The molecule has 0 unspecified atom stereocenters. The molecule has 7 nitrogen and oxygen atoms in total. The Morgan fingerprint density at radius 3 is 2.40 bits per heavy atom. The van der Waals surface area contributed by atoms with Crippen LogP contribution in [-0.4, -0.2) is 58.2 Å². The predicted molar refractivity (Wildman–Crippen MR) is 95.0 cm³/mol. The van der Waals surface area contributed by atoms with E-state index in [0.717, 1.165) is 10.6 Å². The molecule has 0 aliphatic carbocycles. The lowest BCUT2D eigenvalue weighted by molar-refractivity contribution is -0.148. The van der Waals surface area contributed by atoms with Crippen LogP contribution in [0.15, 0.2) is 24.3 Å². The summed E-state index contributed by atoms with van der Waals surface area (Å²) in [5.41, 5.74) is 0.268. The van der Waals surface area contributed by atoms with Crippen molar-refractivity contribution in [2.24, 2.45) is 5.92 Å². The first-order valence-electron chi connectivity index (χ1n) is 7.82. The number of piperidine rings is 1. The topological polar surface area (TPSA) is 84.0 Å². The molecular weight excluding hydrogens is 368 g/mol. The Morgan fingerprint density at radius 2 is 1.88 bits per heavy atom. The Hall–Kier alpha value is -1.80. The Labute approximate surface area is 152 Å². The third-order valence-corrected chi connectivity index (χ3v) is 5.63. The fraction of sp³-hybridized carbons (Fsp3) is 0.500. The maximum Gasteiger partial charge on any atom is 0.308 e. The van der Waals surface area contributed by atoms with Gasteiger partial charge in [-0.3, -0.25) is 13.9 Å². The van der Waals surface area contributed by atoms with Gasteiger partial charge < -0.3 is 9.64 Å². The van der Waals surface area contributed by atoms with Crippen LogP contribution in [0, 0.1) is 5.92 Å². The Kier molecular flexibility index (Phi) is 6.29. The zero-order valence-electron chi connectivity index (χ0n) is 14.1. The van der Waals surface area contributed by atoms with Gasteiger partial charge in [0.25, 0.3) is 0 Å². The standard InChI is InChI=1S/C16H21ClN2O5S/c1-24-16(21)12-7-9-18(10-8-12)15(20)11-19(25(2,22)23)14-6-4-3-5-13(14)17/h3-6,12H,7-11H2,1-2H3. The number of amides is 1. The number of esters is 1. The first-order valence-corrected chi connectivity index (χ1v) is 10.0. The van der Waals surface area contributed by atoms with Crippen molar-refractivity contribution in [3.05, 3.63) is 29.3 Å². The molecule has 1 amide bonds. The van der Waals surface area contributed by atoms with Crippen molar-refractivity contribution in [2.75, 3.05) is 37.3 Å². The van der Waals surface area contributed by atoms with E-state index >= 15 is 0 Å². The first-order chi connectivity index (χ1) is 11.7. The third kappa shape index (κ3) is 4.85. The molecule has 2 rings (SSSR count). The lowest BCUT2D eigenvalue weighted by atomic mass is 9.97. The highest BCUT2D eigenvalue weighted by atomic mass is 35.5. The summed E-state index contributed by atoms with van der Waals surface area (Å²) in [7, 11) is -2.33. The van der Waals surface area contributed by atoms with Crippen molar-refractivity contribution in [3.8, 4) is 0 Å². The molecule has 0 bridgehead atoms. The van der Waals surface area contributed by atoms with Crippen LogP contribution in [0.1, 0.15) is 12.8 Å². The van der Waals surface area contributed by atoms with Crippen LogP contribution in [0.5, 0.6) is 0 Å². The van der Waals surface area contributed by atoms with Gasteiger partial charge in [-0.25, -0.2) is 8.42 Å². The second kappa shape index (κ2) is 8.05. The molecule has 0 saturated carbocycles. The van der Waals surface area contributed by atoms with Crippen LogP contribution < -0.4 is 4.31 Å². The van der Waals surface area contributed by atoms with Crippen molar-refractivity contribution in [1.29, 1.82) is 0 Å². The minimum absolute atomic E-state index is 0.219. The minimum atomic E-state index is -3.68. The van der Waals surface area contributed by atoms with Gasteiger partial charge in [-0.2, -0.15) is 0 Å². The maximum absolute atomic E-state index is 12.5. The van der Waals surface area contributed by atoms with Gasteiger partial charge in [-0.05, 0) is 25.0 Å². The summed E-state index contributed by atoms with van der Waals surface area (Å²) < 4.78 is 30.0. The second-order valence-corrected chi connectivity index (χ2v) is 8.21. The number of anilines is 1. The van der Waals surface area contributed by atoms with Gasteiger partial charge in [-0.15, -0.1) is 0 Å². The number of hydrogen-bond acceptors (Lipinski definition) is 5. The molecular formula is C16H21ClN2O5S. The number of hydrogen-bond donors (Lipinski definition) is 0. The monoisotopic (exact) mass is 388 g/mol. The zero-order valence-corrected chi connectivity index (χ0v) is 15.7. The maximum atomic E-state index is 12.5. The first kappa shape index (κ1) is 19.5. The van der Waals surface area contributed by atoms with Crippen LogP contribution in [0.3, 0.4) is 0 Å². The zero-order chi connectivity index (χ0) is 18.6. The molecule has 1 aromatic rings. The van der Waals surface area contributed by atoms with Crippen molar-refractivity contribution in [3.63, 3.8) is 0 Å². The van der Waals surface area contributed by atoms with Gasteiger partial charge >= 0.3 is 5.97 Å². The molecule has 0 atom stereocenters. The largest absolute Gasteiger partial charge is 0.469 e. The van der Waals surface area contributed by atoms with E-state index in [1.807, 2.05) is 0 Å². The smallest absolute Gasteiger partial charge is 0.308 e. The van der Waals surface area contributed by atoms with Crippen LogP contribution in [0.4, 0.5) is 5.69 Å². The van der Waals surface area contributed by atoms with Gasteiger partial charge in [0, 0.05) is 13.1 Å². The fourth-order valence-electron chi connectivity index (χ4n) is 2.79. The number of carbonyl (C=O) groups is 2. The number of para-hydroxylation sites is 1. The second-order valence-electron chi connectivity index (χ2n) is 5.90. The average molecular weight is 389 g/mol. The SMILES string of the molecule is COC(=O)C1CCN(C(=O)CN(c2ccccc2Cl)S(C)(=O)=O)CC1. The van der Waals surface area contributed by atoms with Gasteiger partial charge in [-0.1, -0.05) is 23.7 Å². The summed E-state index contributed by atoms with van der Waals surface area (Å²) in [4.78, 5) is 25.7. The van der Waals surface area contributed by atoms with Crippen molar-refractivity contribution >= 4 is 39.2 Å². The minimum Gasteiger partial charge on any atom is -0.469 e. The summed E-state index contributed by atoms with van der Waals surface area (Å²) >= 11 is 6.08. The number of nitrogens with zero attached hydrogens (tertiary/aromatic N) is 2. The highest BCUT2D eigenvalue weighted by molar-refractivity contribution is 7.92. The van der Waals surface area contributed by atoms with Crippen LogP contribution >= 0.6 is 11.6 Å². The third-order valence-electron chi connectivity index (χ3n) is 4.18. The number of rotatable bonds is 5. The summed E-state index contributed by atoms with van der Waals surface area (Å²) in [6, 6.07) is 6.47. The number of likely N-dealkylation sites (tertiary alicyclic amines) is 1. The lowest BCUT2D eigenvalue weighted by Crippen LogP contribution is -2.46. The molecule has 0 N–H and O–H groups in total. The Bertz CT molecular complexity index is 745. The molecule has 0 radical (unpaired) electrons. The van der Waals surface area contributed by atoms with Crippen molar-refractivity contribution in [2.45, 2.75) is 12.8 Å². The number of benzene rings is 1. The number of sulfonamides is 1. The normalized spacial score (nSPS) is 15.7. The molecule has 1 saturated heterocycles. The quantitative estimate of drug-likeness (QED) is 0.714. The van der Waals surface area contributed by atoms with Gasteiger partial charge in [0.1, 0.15) is 6.54 Å². The fourth-order valence-corrected chi connectivity index (χ4v) is 3.94. The Morgan fingerprint density at radius 1 is 1.28 bits per heavy atom. The van der Waals surface area contributed by atoms with E-state index in [1.54, 1.807) is 29.2 Å². The van der Waals surface area contributed by atoms with Crippen molar-refractivity contribution in [1.82, 2.24) is 4.90 Å². The number of carbonyl (C=O) groups excluding carboxylic acids is 2. The Balaban J connectivity index is 2.09. The van der Waals surface area contributed by atoms with E-state index < -0.39 is 10.0 Å². The summed E-state index contributed by atoms with van der Waals surface area (Å²) in [6.07, 6.45) is 2.04. The molecule has 1 aromatic carbocycles. The van der Waals surface area contributed by atoms with Gasteiger partial charge in [0.2, 0.25) is 15.9 Å². The summed E-state index contributed by atoms with van der Waals surface area (Å²) in [6.45, 7) is 0.447. The highest BCUT2D eigenvalue weighted by Gasteiger charge is 2.30. The lowest BCUT2D eigenvalue weighted by Gasteiger charge is -2.32. The van der Waals surface area contributed by atoms with Crippen LogP contribution in [-0.2, 0) is 24.3 Å². The molecule has 0 spiro atoms. The molecule has 1 fully saturated rings. The average Bonchev–Trinajstić information content (AvgIpc) is 2.58. The van der Waals surface area contributed by atoms with Crippen LogP contribution in [0.25, 0.3) is 0 Å². The summed E-state index contributed by atoms with van der Waals surface area (Å²) in [5, 5.41) is 0.255. The van der Waals surface area contributed by atoms with E-state index in [1.165, 1.54) is 7.11 Å². The van der Waals surface area contributed by atoms with Crippen molar-refractivity contribution < 1.29 is 22.7 Å². The van der Waals surface area contributed by atoms with Gasteiger partial charge in [0.15, 0.2) is 0 Å². The molecule has 1 aliphatic heterocycles.